The van der Waals surface area contributed by atoms with Gasteiger partial charge in [0.15, 0.2) is 0 Å². The predicted molar refractivity (Wildman–Crippen MR) is 145 cm³/mol. The molecule has 1 aromatic carbocycles. The van der Waals surface area contributed by atoms with Gasteiger partial charge in [-0.3, -0.25) is 14.4 Å². The summed E-state index contributed by atoms with van der Waals surface area (Å²) < 4.78 is 6.31. The molecule has 0 radical (unpaired) electrons. The normalized spacial score (nSPS) is 39.2. The Morgan fingerprint density at radius 1 is 1.30 bits per heavy atom. The van der Waals surface area contributed by atoms with Crippen molar-refractivity contribution in [3.63, 3.8) is 0 Å². The highest BCUT2D eigenvalue weighted by molar-refractivity contribution is 8.00. The molecular formula is C30H41NO5S. The van der Waals surface area contributed by atoms with E-state index in [-0.39, 0.29) is 40.7 Å². The third-order valence-electron chi connectivity index (χ3n) is 10.2. The maximum atomic E-state index is 13.5. The second-order valence-corrected chi connectivity index (χ2v) is 13.0. The van der Waals surface area contributed by atoms with E-state index in [0.717, 1.165) is 29.7 Å². The number of Topliss-reactive ketones (excluding diaryl/α,β-unsaturated/α-hetero) is 1. The van der Waals surface area contributed by atoms with Crippen LogP contribution in [-0.2, 0) is 25.7 Å². The molecule has 3 saturated carbocycles. The summed E-state index contributed by atoms with van der Waals surface area (Å²) in [6.07, 6.45) is 4.93. The van der Waals surface area contributed by atoms with Crippen LogP contribution in [0.25, 0.3) is 0 Å². The van der Waals surface area contributed by atoms with Crippen LogP contribution in [0.2, 0.25) is 0 Å². The van der Waals surface area contributed by atoms with Crippen molar-refractivity contribution >= 4 is 29.9 Å². The molecule has 3 fully saturated rings. The van der Waals surface area contributed by atoms with Crippen LogP contribution < -0.4 is 5.32 Å². The number of esters is 1. The number of ketones is 1. The lowest BCUT2D eigenvalue weighted by molar-refractivity contribution is -0.205. The Morgan fingerprint density at radius 2 is 2.05 bits per heavy atom. The van der Waals surface area contributed by atoms with E-state index < -0.39 is 23.0 Å². The number of thioether (sulfide) groups is 1. The fraction of sp³-hybridized carbons (Fsp3) is 0.633. The zero-order valence-corrected chi connectivity index (χ0v) is 23.3. The third-order valence-corrected chi connectivity index (χ3v) is 11.2. The van der Waals surface area contributed by atoms with Gasteiger partial charge in [-0.2, -0.15) is 0 Å². The quantitative estimate of drug-likeness (QED) is 0.216. The minimum Gasteiger partial charge on any atom is -0.461 e. The predicted octanol–water partition coefficient (Wildman–Crippen LogP) is 4.93. The van der Waals surface area contributed by atoms with Crippen LogP contribution in [0.15, 0.2) is 41.8 Å². The van der Waals surface area contributed by atoms with Crippen molar-refractivity contribution in [2.75, 3.05) is 5.75 Å². The SMILES string of the molecule is C=C[C@]1(C)C[C@@H](OC(=O)CSc2cccc(CNC=O)c2)[C@]2(C)C(C)CCC3(CCC(=O)C32)[C@@H](C)[C@@H]1O. The molecule has 3 aliphatic carbocycles. The Balaban J connectivity index is 1.61. The average molecular weight is 528 g/mol. The lowest BCUT2D eigenvalue weighted by Crippen LogP contribution is -2.63. The minimum atomic E-state index is -0.672. The van der Waals surface area contributed by atoms with E-state index in [1.807, 2.05) is 37.3 Å². The van der Waals surface area contributed by atoms with E-state index in [0.29, 0.717) is 25.8 Å². The van der Waals surface area contributed by atoms with E-state index in [1.165, 1.54) is 11.8 Å². The first-order valence-electron chi connectivity index (χ1n) is 13.4. The summed E-state index contributed by atoms with van der Waals surface area (Å²) in [6, 6.07) is 7.71. The summed E-state index contributed by atoms with van der Waals surface area (Å²) in [5, 5.41) is 14.3. The van der Waals surface area contributed by atoms with Crippen LogP contribution in [0.5, 0.6) is 0 Å². The maximum absolute atomic E-state index is 13.5. The van der Waals surface area contributed by atoms with Crippen molar-refractivity contribution in [2.45, 2.75) is 83.4 Å². The molecule has 0 saturated heterocycles. The molecule has 2 bridgehead atoms. The number of nitrogens with one attached hydrogen (secondary N) is 1. The third kappa shape index (κ3) is 4.78. The molecule has 3 aliphatic rings. The van der Waals surface area contributed by atoms with Crippen LogP contribution >= 0.6 is 11.8 Å². The van der Waals surface area contributed by atoms with Crippen molar-refractivity contribution in [1.82, 2.24) is 5.32 Å². The van der Waals surface area contributed by atoms with E-state index >= 15 is 0 Å². The van der Waals surface area contributed by atoms with Crippen molar-refractivity contribution < 1.29 is 24.2 Å². The zero-order valence-electron chi connectivity index (χ0n) is 22.5. The highest BCUT2D eigenvalue weighted by Crippen LogP contribution is 2.68. The summed E-state index contributed by atoms with van der Waals surface area (Å²) in [6.45, 7) is 13.0. The van der Waals surface area contributed by atoms with Crippen LogP contribution in [0.3, 0.4) is 0 Å². The molecule has 1 amide bonds. The number of hydrogen-bond donors (Lipinski definition) is 2. The topological polar surface area (TPSA) is 92.7 Å². The standard InChI is InChI=1S/C30H41NO5S/c1-6-28(4)15-24(36-25(34)17-37-22-9-7-8-21(14-22)16-31-18-32)29(5)19(2)10-12-30(20(3)27(28)35)13-11-23(33)26(29)30/h6-9,14,18-20,24,26-27,35H,1,10-13,15-17H2,2-5H3,(H,31,32)/t19?,20-,24+,26?,27-,28+,29-,30?/m0/s1. The monoisotopic (exact) mass is 527 g/mol. The van der Waals surface area contributed by atoms with Crippen LogP contribution in [0.1, 0.15) is 65.4 Å². The second kappa shape index (κ2) is 10.6. The fourth-order valence-corrected chi connectivity index (χ4v) is 8.50. The largest absolute Gasteiger partial charge is 0.461 e. The molecule has 7 heteroatoms. The van der Waals surface area contributed by atoms with Crippen LogP contribution in [0, 0.1) is 34.0 Å². The molecule has 4 rings (SSSR count). The number of carbonyl (C=O) groups excluding carboxylic acids is 3. The molecule has 0 aliphatic heterocycles. The zero-order chi connectivity index (χ0) is 27.0. The van der Waals surface area contributed by atoms with Crippen molar-refractivity contribution in [1.29, 1.82) is 0 Å². The number of amides is 1. The number of hydrogen-bond acceptors (Lipinski definition) is 6. The Labute approximate surface area is 225 Å². The summed E-state index contributed by atoms with van der Waals surface area (Å²) in [4.78, 5) is 38.3. The first-order valence-corrected chi connectivity index (χ1v) is 14.4. The van der Waals surface area contributed by atoms with Gasteiger partial charge in [-0.1, -0.05) is 45.9 Å². The fourth-order valence-electron chi connectivity index (χ4n) is 7.74. The van der Waals surface area contributed by atoms with Gasteiger partial charge >= 0.3 is 5.97 Å². The Morgan fingerprint density at radius 3 is 2.76 bits per heavy atom. The first kappa shape index (κ1) is 27.9. The van der Waals surface area contributed by atoms with Gasteiger partial charge in [0.25, 0.3) is 0 Å². The molecule has 6 nitrogen and oxygen atoms in total. The highest BCUT2D eigenvalue weighted by Gasteiger charge is 2.68. The Kier molecular flexibility index (Phi) is 7.97. The number of rotatable bonds is 8. The van der Waals surface area contributed by atoms with E-state index in [4.69, 9.17) is 4.74 Å². The molecule has 2 N–H and O–H groups in total. The van der Waals surface area contributed by atoms with Gasteiger partial charge in [-0.25, -0.2) is 0 Å². The van der Waals surface area contributed by atoms with Gasteiger partial charge < -0.3 is 15.2 Å². The number of aliphatic hydroxyl groups is 1. The van der Waals surface area contributed by atoms with Gasteiger partial charge in [-0.15, -0.1) is 18.3 Å². The summed E-state index contributed by atoms with van der Waals surface area (Å²) >= 11 is 1.40. The van der Waals surface area contributed by atoms with E-state index in [2.05, 4.69) is 32.7 Å². The van der Waals surface area contributed by atoms with Crippen LogP contribution in [0.4, 0.5) is 0 Å². The summed E-state index contributed by atoms with van der Waals surface area (Å²) in [7, 11) is 0. The van der Waals surface area contributed by atoms with Crippen molar-refractivity contribution in [2.24, 2.45) is 34.0 Å². The first-order chi connectivity index (χ1) is 17.5. The molecule has 37 heavy (non-hydrogen) atoms. The molecule has 1 aromatic rings. The maximum Gasteiger partial charge on any atom is 0.316 e. The number of carbonyl (C=O) groups is 3. The average Bonchev–Trinajstić information content (AvgIpc) is 3.25. The molecule has 202 valence electrons. The minimum absolute atomic E-state index is 0.0491. The van der Waals surface area contributed by atoms with Crippen molar-refractivity contribution in [3.05, 3.63) is 42.5 Å². The molecule has 8 atom stereocenters. The molecule has 0 heterocycles. The Bertz CT molecular complexity index is 1060. The van der Waals surface area contributed by atoms with E-state index in [1.54, 1.807) is 0 Å². The lowest BCUT2D eigenvalue weighted by Gasteiger charge is -2.61. The number of benzene rings is 1. The molecule has 0 spiro atoms. The van der Waals surface area contributed by atoms with Gasteiger partial charge in [0.1, 0.15) is 11.9 Å². The smallest absolute Gasteiger partial charge is 0.316 e. The van der Waals surface area contributed by atoms with Gasteiger partial charge in [-0.05, 0) is 60.6 Å². The summed E-state index contributed by atoms with van der Waals surface area (Å²) in [5.41, 5.74) is -0.474. The van der Waals surface area contributed by atoms with Crippen molar-refractivity contribution in [3.8, 4) is 0 Å². The molecule has 3 unspecified atom stereocenters. The van der Waals surface area contributed by atoms with Gasteiger partial charge in [0, 0.05) is 34.6 Å². The summed E-state index contributed by atoms with van der Waals surface area (Å²) in [5.74, 6) is 0.000237. The lowest BCUT2D eigenvalue weighted by atomic mass is 9.44. The second-order valence-electron chi connectivity index (χ2n) is 12.0. The van der Waals surface area contributed by atoms with Crippen LogP contribution in [-0.4, -0.2) is 41.2 Å². The number of aliphatic hydroxyl groups excluding tert-OH is 1. The highest BCUT2D eigenvalue weighted by atomic mass is 32.2. The Hall–Kier alpha value is -2.12. The molecular weight excluding hydrogens is 486 g/mol. The van der Waals surface area contributed by atoms with Gasteiger partial charge in [0.2, 0.25) is 6.41 Å². The van der Waals surface area contributed by atoms with Gasteiger partial charge in [0.05, 0.1) is 11.9 Å². The van der Waals surface area contributed by atoms with E-state index in [9.17, 15) is 19.5 Å². The molecule has 0 aromatic heterocycles. The number of ether oxygens (including phenoxy) is 1.